The molecule has 2 aromatic carbocycles. The zero-order chi connectivity index (χ0) is 17.3. The van der Waals surface area contributed by atoms with Crippen LogP contribution in [0.1, 0.15) is 23.6 Å². The van der Waals surface area contributed by atoms with Crippen LogP contribution in [0.4, 0.5) is 4.79 Å². The van der Waals surface area contributed by atoms with Gasteiger partial charge in [-0.05, 0) is 41.2 Å². The molecule has 5 heteroatoms. The lowest BCUT2D eigenvalue weighted by Gasteiger charge is -2.21. The van der Waals surface area contributed by atoms with E-state index >= 15 is 0 Å². The number of carbonyl (C=O) groups excluding carboxylic acids is 1. The molecule has 2 aromatic rings. The van der Waals surface area contributed by atoms with Crippen molar-refractivity contribution >= 4 is 12.1 Å². The van der Waals surface area contributed by atoms with Gasteiger partial charge in [0.2, 0.25) is 0 Å². The molecular formula is C19H19NO4. The number of nitrogens with zero attached hydrogens (tertiary/aromatic N) is 1. The molecule has 0 unspecified atom stereocenters. The molecule has 1 N–H and O–H groups in total. The molecule has 1 aliphatic rings. The molecule has 0 spiro atoms. The smallest absolute Gasteiger partial charge is 0.410 e. The van der Waals surface area contributed by atoms with Crippen LogP contribution >= 0.6 is 0 Å². The SMILES string of the molecule is C[C@@H](C(=O)O)N(C)C(=O)OCc1cccc2c1Cc1ccccc1-2. The van der Waals surface area contributed by atoms with Crippen molar-refractivity contribution < 1.29 is 19.4 Å². The van der Waals surface area contributed by atoms with Crippen molar-refractivity contribution in [2.75, 3.05) is 7.05 Å². The van der Waals surface area contributed by atoms with Crippen LogP contribution in [0.15, 0.2) is 42.5 Å². The molecule has 24 heavy (non-hydrogen) atoms. The number of rotatable bonds is 4. The molecule has 0 fully saturated rings. The van der Waals surface area contributed by atoms with E-state index in [1.165, 1.54) is 36.2 Å². The lowest BCUT2D eigenvalue weighted by molar-refractivity contribution is -0.141. The van der Waals surface area contributed by atoms with Gasteiger partial charge in [-0.3, -0.25) is 4.90 Å². The van der Waals surface area contributed by atoms with Gasteiger partial charge in [-0.25, -0.2) is 9.59 Å². The number of hydrogen-bond acceptors (Lipinski definition) is 3. The van der Waals surface area contributed by atoms with Gasteiger partial charge in [0.25, 0.3) is 0 Å². The maximum atomic E-state index is 12.0. The van der Waals surface area contributed by atoms with Crippen molar-refractivity contribution in [1.82, 2.24) is 4.90 Å². The lowest BCUT2D eigenvalue weighted by atomic mass is 10.0. The van der Waals surface area contributed by atoms with E-state index in [1.54, 1.807) is 0 Å². The van der Waals surface area contributed by atoms with E-state index in [-0.39, 0.29) is 6.61 Å². The number of hydrogen-bond donors (Lipinski definition) is 1. The van der Waals surface area contributed by atoms with E-state index < -0.39 is 18.1 Å². The number of carbonyl (C=O) groups is 2. The van der Waals surface area contributed by atoms with Crippen LogP contribution in [-0.2, 0) is 22.6 Å². The van der Waals surface area contributed by atoms with Crippen molar-refractivity contribution in [2.45, 2.75) is 26.0 Å². The number of carboxylic acid groups (broad SMARTS) is 1. The number of aliphatic carboxylic acids is 1. The Morgan fingerprint density at radius 2 is 1.88 bits per heavy atom. The highest BCUT2D eigenvalue weighted by Crippen LogP contribution is 2.38. The standard InChI is InChI=1S/C19H19NO4/c1-12(18(21)22)20(2)19(23)24-11-14-7-5-9-16-15-8-4-3-6-13(15)10-17(14)16/h3-9,12H,10-11H2,1-2H3,(H,21,22)/t12-/m0/s1. The molecule has 0 aliphatic heterocycles. The topological polar surface area (TPSA) is 66.8 Å². The Labute approximate surface area is 140 Å². The second-order valence-corrected chi connectivity index (χ2v) is 5.96. The Morgan fingerprint density at radius 1 is 1.17 bits per heavy atom. The maximum Gasteiger partial charge on any atom is 0.410 e. The van der Waals surface area contributed by atoms with Crippen LogP contribution in [0.2, 0.25) is 0 Å². The summed E-state index contributed by atoms with van der Waals surface area (Å²) in [5.74, 6) is -1.06. The zero-order valence-corrected chi connectivity index (χ0v) is 13.7. The van der Waals surface area contributed by atoms with Gasteiger partial charge in [-0.1, -0.05) is 42.5 Å². The number of ether oxygens (including phenoxy) is 1. The van der Waals surface area contributed by atoms with Gasteiger partial charge < -0.3 is 9.84 Å². The zero-order valence-electron chi connectivity index (χ0n) is 13.7. The van der Waals surface area contributed by atoms with Gasteiger partial charge >= 0.3 is 12.1 Å². The van der Waals surface area contributed by atoms with Crippen molar-refractivity contribution in [3.05, 3.63) is 59.2 Å². The Morgan fingerprint density at radius 3 is 2.62 bits per heavy atom. The van der Waals surface area contributed by atoms with Crippen LogP contribution in [0, 0.1) is 0 Å². The van der Waals surface area contributed by atoms with Gasteiger partial charge in [0.05, 0.1) is 0 Å². The Balaban J connectivity index is 1.74. The molecule has 3 rings (SSSR count). The third kappa shape index (κ3) is 2.85. The fourth-order valence-electron chi connectivity index (χ4n) is 2.92. The fourth-order valence-corrected chi connectivity index (χ4v) is 2.92. The summed E-state index contributed by atoms with van der Waals surface area (Å²) in [6.45, 7) is 1.58. The van der Waals surface area contributed by atoms with Crippen LogP contribution in [0.25, 0.3) is 11.1 Å². The average molecular weight is 325 g/mol. The highest BCUT2D eigenvalue weighted by molar-refractivity contribution is 5.80. The molecule has 0 aromatic heterocycles. The average Bonchev–Trinajstić information content (AvgIpc) is 2.97. The van der Waals surface area contributed by atoms with Crippen molar-refractivity contribution in [1.29, 1.82) is 0 Å². The van der Waals surface area contributed by atoms with Crippen molar-refractivity contribution in [2.24, 2.45) is 0 Å². The van der Waals surface area contributed by atoms with Gasteiger partial charge in [-0.2, -0.15) is 0 Å². The largest absolute Gasteiger partial charge is 0.480 e. The molecule has 124 valence electrons. The molecule has 1 amide bonds. The molecule has 0 saturated carbocycles. The minimum atomic E-state index is -1.06. The minimum Gasteiger partial charge on any atom is -0.480 e. The normalized spacial score (nSPS) is 12.9. The summed E-state index contributed by atoms with van der Waals surface area (Å²) in [7, 11) is 1.42. The molecule has 0 saturated heterocycles. The van der Waals surface area contributed by atoms with Crippen LogP contribution in [0.5, 0.6) is 0 Å². The first-order valence-corrected chi connectivity index (χ1v) is 7.80. The number of likely N-dealkylation sites (N-methyl/N-ethyl adjacent to an activating group) is 1. The first-order chi connectivity index (χ1) is 11.5. The molecule has 0 heterocycles. The third-order valence-corrected chi connectivity index (χ3v) is 4.53. The van der Waals surface area contributed by atoms with Gasteiger partial charge in [-0.15, -0.1) is 0 Å². The molecule has 5 nitrogen and oxygen atoms in total. The quantitative estimate of drug-likeness (QED) is 0.799. The van der Waals surface area contributed by atoms with Gasteiger partial charge in [0, 0.05) is 7.05 Å². The maximum absolute atomic E-state index is 12.0. The van der Waals surface area contributed by atoms with Crippen LogP contribution < -0.4 is 0 Å². The molecule has 1 atom stereocenters. The summed E-state index contributed by atoms with van der Waals surface area (Å²) in [6.07, 6.45) is 0.179. The van der Waals surface area contributed by atoms with E-state index in [4.69, 9.17) is 9.84 Å². The van der Waals surface area contributed by atoms with E-state index in [2.05, 4.69) is 18.2 Å². The first kappa shape index (κ1) is 16.1. The number of carboxylic acids is 1. The highest BCUT2D eigenvalue weighted by Gasteiger charge is 2.24. The highest BCUT2D eigenvalue weighted by atomic mass is 16.6. The Kier molecular flexibility index (Phi) is 4.25. The summed E-state index contributed by atoms with van der Waals surface area (Å²) in [5.41, 5.74) is 5.78. The summed E-state index contributed by atoms with van der Waals surface area (Å²) in [5, 5.41) is 8.96. The number of amides is 1. The van der Waals surface area contributed by atoms with Crippen LogP contribution in [-0.4, -0.2) is 35.2 Å². The van der Waals surface area contributed by atoms with Gasteiger partial charge in [0.1, 0.15) is 12.6 Å². The fraction of sp³-hybridized carbons (Fsp3) is 0.263. The van der Waals surface area contributed by atoms with E-state index in [1.807, 2.05) is 24.3 Å². The molecule has 0 bridgehead atoms. The monoisotopic (exact) mass is 325 g/mol. The second kappa shape index (κ2) is 6.35. The van der Waals surface area contributed by atoms with Crippen molar-refractivity contribution in [3.63, 3.8) is 0 Å². The summed E-state index contributed by atoms with van der Waals surface area (Å²) in [6, 6.07) is 13.3. The minimum absolute atomic E-state index is 0.132. The second-order valence-electron chi connectivity index (χ2n) is 5.96. The van der Waals surface area contributed by atoms with Gasteiger partial charge in [0.15, 0.2) is 0 Å². The molecule has 1 aliphatic carbocycles. The van der Waals surface area contributed by atoms with Crippen molar-refractivity contribution in [3.8, 4) is 11.1 Å². The third-order valence-electron chi connectivity index (χ3n) is 4.53. The van der Waals surface area contributed by atoms with E-state index in [9.17, 15) is 9.59 Å². The molecule has 0 radical (unpaired) electrons. The molecular weight excluding hydrogens is 306 g/mol. The Hall–Kier alpha value is -2.82. The Bertz CT molecular complexity index is 800. The first-order valence-electron chi connectivity index (χ1n) is 7.80. The summed E-state index contributed by atoms with van der Waals surface area (Å²) < 4.78 is 5.31. The van der Waals surface area contributed by atoms with Crippen LogP contribution in [0.3, 0.4) is 0 Å². The van der Waals surface area contributed by atoms with E-state index in [0.29, 0.717) is 0 Å². The summed E-state index contributed by atoms with van der Waals surface area (Å²) >= 11 is 0. The van der Waals surface area contributed by atoms with E-state index in [0.717, 1.165) is 16.9 Å². The predicted octanol–water partition coefficient (Wildman–Crippen LogP) is 3.30. The predicted molar refractivity (Wildman–Crippen MR) is 89.7 cm³/mol. The number of benzene rings is 2. The number of fused-ring (bicyclic) bond motifs is 3. The summed E-state index contributed by atoms with van der Waals surface area (Å²) in [4.78, 5) is 24.1. The lowest BCUT2D eigenvalue weighted by Crippen LogP contribution is -2.40.